The number of nitrogens with zero attached hydrogens (tertiary/aromatic N) is 4. The zero-order valence-corrected chi connectivity index (χ0v) is 19.2. The monoisotopic (exact) mass is 442 g/mol. The minimum absolute atomic E-state index is 0.501. The minimum atomic E-state index is 0.501. The average Bonchev–Trinajstić information content (AvgIpc) is 3.13. The molecular weight excluding hydrogens is 416 g/mol. The first kappa shape index (κ1) is 22.4. The normalized spacial score (nSPS) is 11.5. The Morgan fingerprint density at radius 1 is 1.10 bits per heavy atom. The predicted molar refractivity (Wildman–Crippen MR) is 125 cm³/mol. The molecule has 0 spiro atoms. The number of aryl methyl sites for hydroxylation is 1. The number of hydrogen-bond donors (Lipinski definition) is 0. The fraction of sp³-hybridized carbons (Fsp3) is 0.348. The standard InChI is InChI=1S/C23H27ClN4OS/c1-4-5-22-26-27-23(30-16-19-6-10-20(24)11-7-19)28(22)25-14-18-8-12-21(13-9-18)29-15-17(2)3/h6-14,17H,4-5,15-16H2,1-3H3/b25-14+. The molecular formula is C23H27ClN4OS. The first-order valence-corrected chi connectivity index (χ1v) is 11.5. The molecule has 7 heteroatoms. The van der Waals surface area contributed by atoms with Crippen molar-refractivity contribution in [1.29, 1.82) is 0 Å². The van der Waals surface area contributed by atoms with Gasteiger partial charge in [0.15, 0.2) is 5.82 Å². The van der Waals surface area contributed by atoms with Crippen molar-refractivity contribution in [3.63, 3.8) is 0 Å². The van der Waals surface area contributed by atoms with Gasteiger partial charge in [-0.05, 0) is 59.9 Å². The van der Waals surface area contributed by atoms with Gasteiger partial charge in [-0.15, -0.1) is 10.2 Å². The summed E-state index contributed by atoms with van der Waals surface area (Å²) in [6, 6.07) is 15.8. The van der Waals surface area contributed by atoms with Crippen LogP contribution in [0.1, 0.15) is 44.1 Å². The lowest BCUT2D eigenvalue weighted by Crippen LogP contribution is -2.04. The lowest BCUT2D eigenvalue weighted by molar-refractivity contribution is 0.271. The van der Waals surface area contributed by atoms with Crippen LogP contribution in [-0.2, 0) is 12.2 Å². The van der Waals surface area contributed by atoms with E-state index >= 15 is 0 Å². The van der Waals surface area contributed by atoms with Crippen molar-refractivity contribution < 1.29 is 4.74 Å². The Kier molecular flexibility index (Phi) is 8.34. The van der Waals surface area contributed by atoms with Gasteiger partial charge in [-0.25, -0.2) is 0 Å². The number of benzene rings is 2. The number of hydrogen-bond acceptors (Lipinski definition) is 5. The molecule has 0 radical (unpaired) electrons. The summed E-state index contributed by atoms with van der Waals surface area (Å²) in [7, 11) is 0. The predicted octanol–water partition coefficient (Wildman–Crippen LogP) is 6.09. The summed E-state index contributed by atoms with van der Waals surface area (Å²) in [5.74, 6) is 3.01. The van der Waals surface area contributed by atoms with Gasteiger partial charge < -0.3 is 4.74 Å². The lowest BCUT2D eigenvalue weighted by atomic mass is 10.2. The summed E-state index contributed by atoms with van der Waals surface area (Å²) in [6.07, 6.45) is 3.65. The third-order valence-electron chi connectivity index (χ3n) is 4.22. The molecule has 1 aromatic heterocycles. The van der Waals surface area contributed by atoms with E-state index < -0.39 is 0 Å². The Bertz CT molecular complexity index is 952. The summed E-state index contributed by atoms with van der Waals surface area (Å²) in [6.45, 7) is 7.11. The van der Waals surface area contributed by atoms with Crippen LogP contribution < -0.4 is 4.74 Å². The van der Waals surface area contributed by atoms with E-state index in [0.29, 0.717) is 12.5 Å². The van der Waals surface area contributed by atoms with E-state index in [4.69, 9.17) is 16.3 Å². The zero-order valence-electron chi connectivity index (χ0n) is 17.6. The Hall–Kier alpha value is -2.31. The molecule has 3 aromatic rings. The second-order valence-electron chi connectivity index (χ2n) is 7.39. The highest BCUT2D eigenvalue weighted by Gasteiger charge is 2.11. The van der Waals surface area contributed by atoms with Crippen LogP contribution in [0.25, 0.3) is 0 Å². The van der Waals surface area contributed by atoms with Gasteiger partial charge in [0.2, 0.25) is 5.16 Å². The summed E-state index contributed by atoms with van der Waals surface area (Å²) in [4.78, 5) is 0. The second kappa shape index (κ2) is 11.2. The fourth-order valence-electron chi connectivity index (χ4n) is 2.65. The van der Waals surface area contributed by atoms with Crippen molar-refractivity contribution in [2.75, 3.05) is 6.61 Å². The van der Waals surface area contributed by atoms with Gasteiger partial charge in [-0.2, -0.15) is 9.78 Å². The molecule has 0 saturated carbocycles. The first-order chi connectivity index (χ1) is 14.5. The van der Waals surface area contributed by atoms with Gasteiger partial charge in [0.05, 0.1) is 12.8 Å². The molecule has 0 amide bonds. The van der Waals surface area contributed by atoms with E-state index in [-0.39, 0.29) is 0 Å². The molecule has 158 valence electrons. The SMILES string of the molecule is CCCc1nnc(SCc2ccc(Cl)cc2)n1/N=C/c1ccc(OCC(C)C)cc1. The quantitative estimate of drug-likeness (QED) is 0.281. The maximum absolute atomic E-state index is 5.97. The second-order valence-corrected chi connectivity index (χ2v) is 8.77. The van der Waals surface area contributed by atoms with Crippen molar-refractivity contribution in [3.05, 3.63) is 70.5 Å². The topological polar surface area (TPSA) is 52.3 Å². The molecule has 0 bridgehead atoms. The van der Waals surface area contributed by atoms with E-state index in [9.17, 15) is 0 Å². The summed E-state index contributed by atoms with van der Waals surface area (Å²) >= 11 is 7.58. The van der Waals surface area contributed by atoms with E-state index in [0.717, 1.165) is 45.9 Å². The Morgan fingerprint density at radius 3 is 2.50 bits per heavy atom. The van der Waals surface area contributed by atoms with Crippen molar-refractivity contribution in [1.82, 2.24) is 14.9 Å². The van der Waals surface area contributed by atoms with Gasteiger partial charge in [0.25, 0.3) is 0 Å². The molecule has 0 N–H and O–H groups in total. The number of aromatic nitrogens is 3. The third kappa shape index (κ3) is 6.61. The van der Waals surface area contributed by atoms with Gasteiger partial charge >= 0.3 is 0 Å². The zero-order chi connectivity index (χ0) is 21.3. The fourth-order valence-corrected chi connectivity index (χ4v) is 3.63. The molecule has 0 aliphatic rings. The van der Waals surface area contributed by atoms with Crippen LogP contribution >= 0.6 is 23.4 Å². The van der Waals surface area contributed by atoms with Gasteiger partial charge in [-0.3, -0.25) is 0 Å². The van der Waals surface area contributed by atoms with Gasteiger partial charge in [0.1, 0.15) is 5.75 Å². The van der Waals surface area contributed by atoms with Crippen LogP contribution in [0.15, 0.2) is 58.8 Å². The molecule has 2 aromatic carbocycles. The van der Waals surface area contributed by atoms with E-state index in [2.05, 4.69) is 36.1 Å². The molecule has 5 nitrogen and oxygen atoms in total. The minimum Gasteiger partial charge on any atom is -0.493 e. The van der Waals surface area contributed by atoms with E-state index in [1.54, 1.807) is 11.8 Å². The summed E-state index contributed by atoms with van der Waals surface area (Å²) < 4.78 is 7.58. The smallest absolute Gasteiger partial charge is 0.212 e. The van der Waals surface area contributed by atoms with Crippen LogP contribution in [-0.4, -0.2) is 27.7 Å². The van der Waals surface area contributed by atoms with Crippen molar-refractivity contribution >= 4 is 29.6 Å². The molecule has 0 aliphatic heterocycles. The largest absolute Gasteiger partial charge is 0.493 e. The Morgan fingerprint density at radius 2 is 1.83 bits per heavy atom. The van der Waals surface area contributed by atoms with Crippen LogP contribution in [0.3, 0.4) is 0 Å². The maximum Gasteiger partial charge on any atom is 0.212 e. The highest BCUT2D eigenvalue weighted by atomic mass is 35.5. The summed E-state index contributed by atoms with van der Waals surface area (Å²) in [5, 5.41) is 14.9. The Balaban J connectivity index is 1.71. The van der Waals surface area contributed by atoms with Crippen molar-refractivity contribution in [2.24, 2.45) is 11.0 Å². The number of halogens is 1. The number of ether oxygens (including phenoxy) is 1. The molecule has 1 heterocycles. The molecule has 0 aliphatic carbocycles. The molecule has 0 unspecified atom stereocenters. The van der Waals surface area contributed by atoms with Gasteiger partial charge in [0, 0.05) is 17.2 Å². The lowest BCUT2D eigenvalue weighted by Gasteiger charge is -2.08. The van der Waals surface area contributed by atoms with Crippen molar-refractivity contribution in [3.8, 4) is 5.75 Å². The molecule has 0 fully saturated rings. The van der Waals surface area contributed by atoms with Crippen LogP contribution in [0.5, 0.6) is 5.75 Å². The molecule has 3 rings (SSSR count). The molecule has 0 saturated heterocycles. The first-order valence-electron chi connectivity index (χ1n) is 10.1. The van der Waals surface area contributed by atoms with Crippen LogP contribution in [0.2, 0.25) is 5.02 Å². The molecule has 30 heavy (non-hydrogen) atoms. The van der Waals surface area contributed by atoms with Crippen LogP contribution in [0, 0.1) is 5.92 Å². The third-order valence-corrected chi connectivity index (χ3v) is 5.46. The highest BCUT2D eigenvalue weighted by molar-refractivity contribution is 7.98. The molecule has 0 atom stereocenters. The summed E-state index contributed by atoms with van der Waals surface area (Å²) in [5.41, 5.74) is 2.17. The maximum atomic E-state index is 5.97. The Labute approximate surface area is 187 Å². The van der Waals surface area contributed by atoms with Crippen molar-refractivity contribution in [2.45, 2.75) is 44.5 Å². The number of rotatable bonds is 10. The van der Waals surface area contributed by atoms with Gasteiger partial charge in [-0.1, -0.05) is 56.3 Å². The van der Waals surface area contributed by atoms with E-state index in [1.165, 1.54) is 5.56 Å². The highest BCUT2D eigenvalue weighted by Crippen LogP contribution is 2.23. The van der Waals surface area contributed by atoms with Crippen LogP contribution in [0.4, 0.5) is 0 Å². The average molecular weight is 443 g/mol. The van der Waals surface area contributed by atoms with E-state index in [1.807, 2.05) is 59.4 Å². The number of thioether (sulfide) groups is 1.